The molecule has 0 saturated heterocycles. The number of nitrogens with zero attached hydrogens (tertiary/aromatic N) is 1. The molecule has 0 spiro atoms. The van der Waals surface area contributed by atoms with E-state index in [0.717, 1.165) is 0 Å². The summed E-state index contributed by atoms with van der Waals surface area (Å²) in [5.74, 6) is -0.201. The van der Waals surface area contributed by atoms with Gasteiger partial charge in [-0.05, 0) is 19.9 Å². The number of hydrogen-bond donors (Lipinski definition) is 0. The third kappa shape index (κ3) is 1.90. The first-order valence-corrected chi connectivity index (χ1v) is 4.26. The lowest BCUT2D eigenvalue weighted by atomic mass is 10.1. The number of ketones is 1. The number of carbonyl (C=O) groups excluding carboxylic acids is 1. The first kappa shape index (κ1) is 10.7. The van der Waals surface area contributed by atoms with E-state index < -0.39 is 4.92 Å². The predicted molar refractivity (Wildman–Crippen MR) is 52.8 cm³/mol. The van der Waals surface area contributed by atoms with Gasteiger partial charge in [0.1, 0.15) is 0 Å². The van der Waals surface area contributed by atoms with Gasteiger partial charge in [-0.25, -0.2) is 0 Å². The van der Waals surface area contributed by atoms with Crippen molar-refractivity contribution >= 4 is 23.1 Å². The Balaban J connectivity index is 3.38. The summed E-state index contributed by atoms with van der Waals surface area (Å²) >= 11 is 5.72. The van der Waals surface area contributed by atoms with Crippen LogP contribution in [0.2, 0.25) is 5.02 Å². The number of halogens is 1. The molecular formula is C9H8ClNO3. The number of Topliss-reactive ketones (excluding diaryl/α,β-unsaturated/α-hetero) is 1. The summed E-state index contributed by atoms with van der Waals surface area (Å²) in [4.78, 5) is 21.0. The van der Waals surface area contributed by atoms with Crippen LogP contribution >= 0.6 is 11.6 Å². The molecule has 1 aromatic carbocycles. The first-order chi connectivity index (χ1) is 6.43. The molecule has 1 rings (SSSR count). The Kier molecular flexibility index (Phi) is 2.86. The van der Waals surface area contributed by atoms with Crippen LogP contribution in [0.3, 0.4) is 0 Å². The summed E-state index contributed by atoms with van der Waals surface area (Å²) in [6, 6.07) is 2.64. The highest BCUT2D eigenvalue weighted by molar-refractivity contribution is 6.34. The van der Waals surface area contributed by atoms with Crippen LogP contribution in [-0.2, 0) is 0 Å². The molecule has 0 aliphatic carbocycles. The van der Waals surface area contributed by atoms with E-state index in [9.17, 15) is 14.9 Å². The van der Waals surface area contributed by atoms with Crippen molar-refractivity contribution in [1.29, 1.82) is 0 Å². The Morgan fingerprint density at radius 2 is 2.07 bits per heavy atom. The van der Waals surface area contributed by atoms with Gasteiger partial charge < -0.3 is 0 Å². The van der Waals surface area contributed by atoms with Gasteiger partial charge in [-0.3, -0.25) is 14.9 Å². The standard InChI is InChI=1S/C9H8ClNO3/c1-5-3-7(6(2)12)8(10)4-9(5)11(13)14/h3-4H,1-2H3. The van der Waals surface area contributed by atoms with E-state index >= 15 is 0 Å². The molecule has 4 nitrogen and oxygen atoms in total. The van der Waals surface area contributed by atoms with E-state index in [1.807, 2.05) is 0 Å². The predicted octanol–water partition coefficient (Wildman–Crippen LogP) is 2.76. The molecule has 0 aliphatic heterocycles. The quantitative estimate of drug-likeness (QED) is 0.431. The largest absolute Gasteiger partial charge is 0.294 e. The monoisotopic (exact) mass is 213 g/mol. The van der Waals surface area contributed by atoms with E-state index in [0.29, 0.717) is 11.1 Å². The molecule has 0 N–H and O–H groups in total. The number of aryl methyl sites for hydroxylation is 1. The van der Waals surface area contributed by atoms with Crippen molar-refractivity contribution in [2.45, 2.75) is 13.8 Å². The molecule has 1 aromatic rings. The van der Waals surface area contributed by atoms with E-state index in [-0.39, 0.29) is 16.5 Å². The average Bonchev–Trinajstić information content (AvgIpc) is 2.07. The Labute approximate surface area is 85.6 Å². The number of rotatable bonds is 2. The fourth-order valence-electron chi connectivity index (χ4n) is 1.14. The maximum absolute atomic E-state index is 11.0. The van der Waals surface area contributed by atoms with Crippen LogP contribution in [0.1, 0.15) is 22.8 Å². The summed E-state index contributed by atoms with van der Waals surface area (Å²) in [6.45, 7) is 2.94. The van der Waals surface area contributed by atoms with Crippen LogP contribution in [0, 0.1) is 17.0 Å². The number of benzene rings is 1. The van der Waals surface area contributed by atoms with Crippen molar-refractivity contribution in [2.24, 2.45) is 0 Å². The van der Waals surface area contributed by atoms with Gasteiger partial charge in [-0.2, -0.15) is 0 Å². The molecule has 5 heteroatoms. The van der Waals surface area contributed by atoms with Crippen LogP contribution in [0.4, 0.5) is 5.69 Å². The third-order valence-corrected chi connectivity index (χ3v) is 2.17. The second kappa shape index (κ2) is 3.75. The molecule has 0 amide bonds. The van der Waals surface area contributed by atoms with Gasteiger partial charge in [0.05, 0.1) is 9.95 Å². The summed E-state index contributed by atoms with van der Waals surface area (Å²) in [5.41, 5.74) is 0.680. The van der Waals surface area contributed by atoms with Gasteiger partial charge in [-0.1, -0.05) is 11.6 Å². The molecule has 0 atom stereocenters. The van der Waals surface area contributed by atoms with Gasteiger partial charge in [0, 0.05) is 17.2 Å². The van der Waals surface area contributed by atoms with E-state index in [1.165, 1.54) is 19.1 Å². The highest BCUT2D eigenvalue weighted by Crippen LogP contribution is 2.26. The number of carbonyl (C=O) groups is 1. The zero-order valence-corrected chi connectivity index (χ0v) is 8.46. The zero-order chi connectivity index (χ0) is 10.9. The molecule has 0 saturated carbocycles. The summed E-state index contributed by atoms with van der Waals surface area (Å²) in [7, 11) is 0. The lowest BCUT2D eigenvalue weighted by Gasteiger charge is -2.02. The molecule has 0 radical (unpaired) electrons. The number of nitro groups is 1. The Morgan fingerprint density at radius 1 is 1.50 bits per heavy atom. The van der Waals surface area contributed by atoms with Crippen molar-refractivity contribution < 1.29 is 9.72 Å². The van der Waals surface area contributed by atoms with Crippen LogP contribution in [-0.4, -0.2) is 10.7 Å². The minimum atomic E-state index is -0.523. The minimum absolute atomic E-state index is 0.0694. The Hall–Kier alpha value is -1.42. The third-order valence-electron chi connectivity index (χ3n) is 1.86. The van der Waals surface area contributed by atoms with Gasteiger partial charge in [-0.15, -0.1) is 0 Å². The fourth-order valence-corrected chi connectivity index (χ4v) is 1.43. The lowest BCUT2D eigenvalue weighted by molar-refractivity contribution is -0.385. The van der Waals surface area contributed by atoms with Crippen LogP contribution in [0.25, 0.3) is 0 Å². The maximum Gasteiger partial charge on any atom is 0.273 e. The number of hydrogen-bond acceptors (Lipinski definition) is 3. The van der Waals surface area contributed by atoms with Crippen LogP contribution < -0.4 is 0 Å². The molecule has 0 bridgehead atoms. The fraction of sp³-hybridized carbons (Fsp3) is 0.222. The lowest BCUT2D eigenvalue weighted by Crippen LogP contribution is -1.98. The van der Waals surface area contributed by atoms with Gasteiger partial charge in [0.15, 0.2) is 5.78 Å². The smallest absolute Gasteiger partial charge is 0.273 e. The van der Waals surface area contributed by atoms with Gasteiger partial charge in [0.25, 0.3) is 5.69 Å². The molecule has 0 unspecified atom stereocenters. The topological polar surface area (TPSA) is 60.2 Å². The van der Waals surface area contributed by atoms with Gasteiger partial charge >= 0.3 is 0 Å². The molecule has 0 aromatic heterocycles. The van der Waals surface area contributed by atoms with Crippen LogP contribution in [0.5, 0.6) is 0 Å². The molecule has 0 heterocycles. The average molecular weight is 214 g/mol. The second-order valence-electron chi connectivity index (χ2n) is 2.93. The Bertz CT molecular complexity index is 375. The van der Waals surface area contributed by atoms with E-state index in [2.05, 4.69) is 0 Å². The van der Waals surface area contributed by atoms with Crippen LogP contribution in [0.15, 0.2) is 12.1 Å². The van der Waals surface area contributed by atoms with E-state index in [1.54, 1.807) is 6.92 Å². The number of nitro benzene ring substituents is 1. The summed E-state index contributed by atoms with van der Waals surface area (Å²) < 4.78 is 0. The highest BCUT2D eigenvalue weighted by atomic mass is 35.5. The molecule has 0 aliphatic rings. The molecule has 74 valence electrons. The van der Waals surface area contributed by atoms with Crippen molar-refractivity contribution in [2.75, 3.05) is 0 Å². The Morgan fingerprint density at radius 3 is 2.50 bits per heavy atom. The molecule has 0 fully saturated rings. The normalized spacial score (nSPS) is 9.93. The summed E-state index contributed by atoms with van der Waals surface area (Å²) in [5, 5.41) is 10.6. The van der Waals surface area contributed by atoms with Crippen molar-refractivity contribution in [3.63, 3.8) is 0 Å². The molecular weight excluding hydrogens is 206 g/mol. The maximum atomic E-state index is 11.0. The van der Waals surface area contributed by atoms with Crippen molar-refractivity contribution in [1.82, 2.24) is 0 Å². The summed E-state index contributed by atoms with van der Waals surface area (Å²) in [6.07, 6.45) is 0. The van der Waals surface area contributed by atoms with Crippen molar-refractivity contribution in [3.05, 3.63) is 38.4 Å². The zero-order valence-electron chi connectivity index (χ0n) is 7.70. The van der Waals surface area contributed by atoms with Crippen molar-refractivity contribution in [3.8, 4) is 0 Å². The first-order valence-electron chi connectivity index (χ1n) is 3.89. The SMILES string of the molecule is CC(=O)c1cc(C)c([N+](=O)[O-])cc1Cl. The highest BCUT2D eigenvalue weighted by Gasteiger charge is 2.15. The minimum Gasteiger partial charge on any atom is -0.294 e. The van der Waals surface area contributed by atoms with E-state index in [4.69, 9.17) is 11.6 Å². The second-order valence-corrected chi connectivity index (χ2v) is 3.34. The van der Waals surface area contributed by atoms with Gasteiger partial charge in [0.2, 0.25) is 0 Å². The molecule has 14 heavy (non-hydrogen) atoms.